The summed E-state index contributed by atoms with van der Waals surface area (Å²) in [5, 5.41) is 12.8. The molecule has 98 valence electrons. The van der Waals surface area contributed by atoms with Crippen LogP contribution in [-0.4, -0.2) is 42.0 Å². The zero-order valence-electron chi connectivity index (χ0n) is 10.8. The van der Waals surface area contributed by atoms with Gasteiger partial charge in [-0.1, -0.05) is 13.8 Å². The lowest BCUT2D eigenvalue weighted by Crippen LogP contribution is -2.34. The number of aromatic nitrogens is 1. The van der Waals surface area contributed by atoms with Crippen LogP contribution in [0.3, 0.4) is 0 Å². The SMILES string of the molecule is Cc1ncsc1CCOCC(O)CNC(C)C. The fourth-order valence-corrected chi connectivity index (χ4v) is 2.14. The van der Waals surface area contributed by atoms with Gasteiger partial charge in [0, 0.05) is 23.9 Å². The van der Waals surface area contributed by atoms with Gasteiger partial charge in [-0.25, -0.2) is 4.98 Å². The highest BCUT2D eigenvalue weighted by Crippen LogP contribution is 2.12. The molecule has 0 amide bonds. The molecule has 0 radical (unpaired) electrons. The Bertz CT molecular complexity index is 315. The summed E-state index contributed by atoms with van der Waals surface area (Å²) in [7, 11) is 0. The highest BCUT2D eigenvalue weighted by Gasteiger charge is 2.06. The van der Waals surface area contributed by atoms with Crippen molar-refractivity contribution < 1.29 is 9.84 Å². The molecule has 4 nitrogen and oxygen atoms in total. The fourth-order valence-electron chi connectivity index (χ4n) is 1.38. The molecule has 1 atom stereocenters. The van der Waals surface area contributed by atoms with E-state index in [2.05, 4.69) is 24.1 Å². The summed E-state index contributed by atoms with van der Waals surface area (Å²) < 4.78 is 5.44. The predicted molar refractivity (Wildman–Crippen MR) is 70.5 cm³/mol. The van der Waals surface area contributed by atoms with Gasteiger partial charge in [-0.05, 0) is 6.92 Å². The first kappa shape index (κ1) is 14.6. The smallest absolute Gasteiger partial charge is 0.0897 e. The van der Waals surface area contributed by atoms with Gasteiger partial charge in [0.25, 0.3) is 0 Å². The first-order valence-electron chi connectivity index (χ1n) is 5.97. The van der Waals surface area contributed by atoms with Crippen LogP contribution in [0.2, 0.25) is 0 Å². The number of nitrogens with one attached hydrogen (secondary N) is 1. The van der Waals surface area contributed by atoms with Crippen LogP contribution in [0.5, 0.6) is 0 Å². The Balaban J connectivity index is 2.06. The third-order valence-corrected chi connectivity index (χ3v) is 3.39. The van der Waals surface area contributed by atoms with Crippen molar-refractivity contribution in [1.82, 2.24) is 10.3 Å². The molecule has 5 heteroatoms. The van der Waals surface area contributed by atoms with Crippen LogP contribution in [0.4, 0.5) is 0 Å². The van der Waals surface area contributed by atoms with Crippen LogP contribution in [0.25, 0.3) is 0 Å². The van der Waals surface area contributed by atoms with Gasteiger partial charge in [-0.15, -0.1) is 11.3 Å². The molecule has 2 N–H and O–H groups in total. The lowest BCUT2D eigenvalue weighted by Gasteiger charge is -2.14. The maximum Gasteiger partial charge on any atom is 0.0897 e. The highest BCUT2D eigenvalue weighted by molar-refractivity contribution is 7.09. The molecule has 0 bridgehead atoms. The number of nitrogens with zero attached hydrogens (tertiary/aromatic N) is 1. The summed E-state index contributed by atoms with van der Waals surface area (Å²) in [6.07, 6.45) is 0.445. The van der Waals surface area contributed by atoms with E-state index in [9.17, 15) is 5.11 Å². The first-order valence-corrected chi connectivity index (χ1v) is 6.85. The Morgan fingerprint density at radius 1 is 1.53 bits per heavy atom. The minimum atomic E-state index is -0.431. The molecular weight excluding hydrogens is 236 g/mol. The molecule has 0 spiro atoms. The van der Waals surface area contributed by atoms with Gasteiger partial charge in [-0.2, -0.15) is 0 Å². The van der Waals surface area contributed by atoms with E-state index in [0.29, 0.717) is 25.8 Å². The fraction of sp³-hybridized carbons (Fsp3) is 0.750. The summed E-state index contributed by atoms with van der Waals surface area (Å²) in [5.41, 5.74) is 2.94. The standard InChI is InChI=1S/C12H22N2O2S/c1-9(2)13-6-11(15)7-16-5-4-12-10(3)14-8-17-12/h8-9,11,13,15H,4-7H2,1-3H3. The van der Waals surface area contributed by atoms with Crippen LogP contribution >= 0.6 is 11.3 Å². The molecule has 1 heterocycles. The summed E-state index contributed by atoms with van der Waals surface area (Å²) >= 11 is 1.66. The first-order chi connectivity index (χ1) is 8.09. The Labute approximate surface area is 107 Å². The van der Waals surface area contributed by atoms with Crippen LogP contribution in [-0.2, 0) is 11.2 Å². The third-order valence-electron chi connectivity index (χ3n) is 2.39. The van der Waals surface area contributed by atoms with E-state index in [-0.39, 0.29) is 0 Å². The molecule has 17 heavy (non-hydrogen) atoms. The Hall–Kier alpha value is -0.490. The van der Waals surface area contributed by atoms with Crippen molar-refractivity contribution in [2.45, 2.75) is 39.3 Å². The lowest BCUT2D eigenvalue weighted by atomic mass is 10.3. The van der Waals surface area contributed by atoms with Gasteiger partial charge in [0.2, 0.25) is 0 Å². The molecule has 0 fully saturated rings. The molecule has 0 aromatic carbocycles. The summed E-state index contributed by atoms with van der Waals surface area (Å²) in [5.74, 6) is 0. The van der Waals surface area contributed by atoms with Crippen molar-refractivity contribution in [2.75, 3.05) is 19.8 Å². The molecule has 0 aliphatic rings. The van der Waals surface area contributed by atoms with Gasteiger partial charge in [-0.3, -0.25) is 0 Å². The molecule has 1 unspecified atom stereocenters. The van der Waals surface area contributed by atoms with E-state index in [0.717, 1.165) is 12.1 Å². The Kier molecular flexibility index (Phi) is 6.65. The number of aliphatic hydroxyl groups excluding tert-OH is 1. The average Bonchev–Trinajstić information content (AvgIpc) is 2.68. The van der Waals surface area contributed by atoms with E-state index in [4.69, 9.17) is 4.74 Å². The molecule has 0 saturated carbocycles. The maximum atomic E-state index is 9.61. The van der Waals surface area contributed by atoms with Crippen LogP contribution in [0.1, 0.15) is 24.4 Å². The predicted octanol–water partition coefficient (Wildman–Crippen LogP) is 1.37. The molecule has 1 rings (SSSR count). The van der Waals surface area contributed by atoms with Crippen molar-refractivity contribution in [1.29, 1.82) is 0 Å². The molecule has 0 aliphatic carbocycles. The molecule has 1 aromatic rings. The number of hydrogen-bond acceptors (Lipinski definition) is 5. The largest absolute Gasteiger partial charge is 0.389 e. The van der Waals surface area contributed by atoms with Gasteiger partial charge in [0.15, 0.2) is 0 Å². The number of rotatable bonds is 8. The van der Waals surface area contributed by atoms with E-state index in [1.54, 1.807) is 11.3 Å². The highest BCUT2D eigenvalue weighted by atomic mass is 32.1. The average molecular weight is 258 g/mol. The number of ether oxygens (including phenoxy) is 1. The van der Waals surface area contributed by atoms with Gasteiger partial charge in [0.1, 0.15) is 0 Å². The normalized spacial score (nSPS) is 13.2. The second-order valence-electron chi connectivity index (χ2n) is 4.40. The molecule has 1 aromatic heterocycles. The monoisotopic (exact) mass is 258 g/mol. The maximum absolute atomic E-state index is 9.61. The van der Waals surface area contributed by atoms with E-state index < -0.39 is 6.10 Å². The van der Waals surface area contributed by atoms with E-state index in [1.807, 2.05) is 12.4 Å². The molecule has 0 saturated heterocycles. The van der Waals surface area contributed by atoms with Crippen molar-refractivity contribution >= 4 is 11.3 Å². The summed E-state index contributed by atoms with van der Waals surface area (Å²) in [4.78, 5) is 5.45. The number of thiazole rings is 1. The minimum Gasteiger partial charge on any atom is -0.389 e. The van der Waals surface area contributed by atoms with Crippen molar-refractivity contribution in [3.8, 4) is 0 Å². The van der Waals surface area contributed by atoms with Crippen molar-refractivity contribution in [3.05, 3.63) is 16.1 Å². The number of aliphatic hydroxyl groups is 1. The molecular formula is C12H22N2O2S. The zero-order chi connectivity index (χ0) is 12.7. The molecule has 0 aliphatic heterocycles. The second kappa shape index (κ2) is 7.76. The number of aryl methyl sites for hydroxylation is 1. The van der Waals surface area contributed by atoms with Crippen molar-refractivity contribution in [3.63, 3.8) is 0 Å². The van der Waals surface area contributed by atoms with Crippen LogP contribution in [0, 0.1) is 6.92 Å². The van der Waals surface area contributed by atoms with Crippen molar-refractivity contribution in [2.24, 2.45) is 0 Å². The Morgan fingerprint density at radius 2 is 2.29 bits per heavy atom. The topological polar surface area (TPSA) is 54.4 Å². The summed E-state index contributed by atoms with van der Waals surface area (Å²) in [6.45, 7) is 7.73. The van der Waals surface area contributed by atoms with E-state index in [1.165, 1.54) is 4.88 Å². The second-order valence-corrected chi connectivity index (χ2v) is 5.34. The minimum absolute atomic E-state index is 0.386. The lowest BCUT2D eigenvalue weighted by molar-refractivity contribution is 0.0376. The van der Waals surface area contributed by atoms with Gasteiger partial charge < -0.3 is 15.2 Å². The quantitative estimate of drug-likeness (QED) is 0.692. The van der Waals surface area contributed by atoms with Crippen LogP contribution in [0.15, 0.2) is 5.51 Å². The number of hydrogen-bond donors (Lipinski definition) is 2. The zero-order valence-corrected chi connectivity index (χ0v) is 11.6. The Morgan fingerprint density at radius 3 is 2.88 bits per heavy atom. The summed E-state index contributed by atoms with van der Waals surface area (Å²) in [6, 6.07) is 0.393. The van der Waals surface area contributed by atoms with Gasteiger partial charge in [0.05, 0.1) is 30.5 Å². The van der Waals surface area contributed by atoms with Gasteiger partial charge >= 0.3 is 0 Å². The van der Waals surface area contributed by atoms with E-state index >= 15 is 0 Å². The van der Waals surface area contributed by atoms with Crippen LogP contribution < -0.4 is 5.32 Å². The third kappa shape index (κ3) is 6.12.